The van der Waals surface area contributed by atoms with Crippen molar-refractivity contribution in [2.24, 2.45) is 13.7 Å². The number of carbonyl (C=O) groups excluding carboxylic acids is 1. The van der Waals surface area contributed by atoms with Crippen LogP contribution in [0.2, 0.25) is 0 Å². The summed E-state index contributed by atoms with van der Waals surface area (Å²) in [4.78, 5) is 12.2. The van der Waals surface area contributed by atoms with E-state index >= 15 is 0 Å². The number of hydrogen-bond donors (Lipinski definition) is 2. The van der Waals surface area contributed by atoms with Crippen molar-refractivity contribution in [3.05, 3.63) is 54.1 Å². The van der Waals surface area contributed by atoms with Gasteiger partial charge in [0.15, 0.2) is 0 Å². The van der Waals surface area contributed by atoms with Crippen molar-refractivity contribution in [3.8, 4) is 0 Å². The summed E-state index contributed by atoms with van der Waals surface area (Å²) < 4.78 is 8.63. The summed E-state index contributed by atoms with van der Waals surface area (Å²) in [7, 11) is 0. The van der Waals surface area contributed by atoms with Crippen LogP contribution < -0.4 is 11.1 Å². The average molecular weight is 345 g/mol. The first kappa shape index (κ1) is 13.9. The van der Waals surface area contributed by atoms with Gasteiger partial charge in [0.2, 0.25) is 0 Å². The molecule has 1 amide bonds. The van der Waals surface area contributed by atoms with Crippen LogP contribution in [0, 0.1) is 0 Å². The third kappa shape index (κ3) is 3.19. The molecule has 0 aliphatic carbocycles. The Bertz CT molecular complexity index is 739. The Labute approximate surface area is 128 Å². The quantitative estimate of drug-likeness (QED) is 0.713. The molecule has 2 aromatic rings. The summed E-state index contributed by atoms with van der Waals surface area (Å²) in [5, 5.41) is 2.85. The Morgan fingerprint density at radius 3 is 2.76 bits per heavy atom. The summed E-state index contributed by atoms with van der Waals surface area (Å²) in [5.41, 5.74) is 9.31. The molecular formula is C15H14N4OSe. The Morgan fingerprint density at radius 2 is 1.95 bits per heavy atom. The van der Waals surface area contributed by atoms with Crippen molar-refractivity contribution in [2.75, 3.05) is 5.32 Å². The number of hydrogen-bond acceptors (Lipinski definition) is 4. The molecule has 3 N–H and O–H groups in total. The summed E-state index contributed by atoms with van der Waals surface area (Å²) >= 11 is -0.116. The molecule has 1 heterocycles. The van der Waals surface area contributed by atoms with Gasteiger partial charge >= 0.3 is 128 Å². The van der Waals surface area contributed by atoms with Crippen molar-refractivity contribution in [2.45, 2.75) is 12.5 Å². The van der Waals surface area contributed by atoms with Gasteiger partial charge in [-0.15, -0.1) is 0 Å². The van der Waals surface area contributed by atoms with Gasteiger partial charge in [0, 0.05) is 0 Å². The Hall–Kier alpha value is -2.01. The van der Waals surface area contributed by atoms with Crippen LogP contribution in [-0.2, 0) is 11.2 Å². The van der Waals surface area contributed by atoms with Crippen LogP contribution in [0.1, 0.15) is 5.56 Å². The molecule has 0 unspecified atom stereocenters. The summed E-state index contributed by atoms with van der Waals surface area (Å²) in [6, 6.07) is 14.7. The predicted octanol–water partition coefficient (Wildman–Crippen LogP) is 2.54. The molecule has 0 radical (unpaired) electrons. The number of nitrogens with one attached hydrogen (secondary N) is 1. The Morgan fingerprint density at radius 1 is 1.14 bits per heavy atom. The number of amides is 1. The zero-order valence-corrected chi connectivity index (χ0v) is 12.9. The number of fused-ring (bicyclic) bond motifs is 1. The van der Waals surface area contributed by atoms with E-state index in [4.69, 9.17) is 5.73 Å². The third-order valence-electron chi connectivity index (χ3n) is 3.18. The van der Waals surface area contributed by atoms with Crippen LogP contribution in [0.15, 0.2) is 56.5 Å². The fraction of sp³-hybridized carbons (Fsp3) is 0.133. The molecule has 0 saturated carbocycles. The molecule has 6 heteroatoms. The zero-order chi connectivity index (χ0) is 14.7. The van der Waals surface area contributed by atoms with E-state index in [1.54, 1.807) is 0 Å². The fourth-order valence-corrected chi connectivity index (χ4v) is 3.25. The summed E-state index contributed by atoms with van der Waals surface area (Å²) in [5.74, 6) is -0.207. The standard InChI is InChI=1S/C15H14N4OSe/c16-11(9-10-5-2-1-3-6-10)15(20)17-12-7-4-8-13-14(12)19-21-18-13/h1-8,11H,9,16H2,(H,17,20)/t11-/m1/s1. The first-order valence-corrected chi connectivity index (χ1v) is 8.09. The second kappa shape index (κ2) is 6.18. The van der Waals surface area contributed by atoms with Crippen molar-refractivity contribution in [3.63, 3.8) is 0 Å². The molecule has 0 aromatic heterocycles. The van der Waals surface area contributed by atoms with Crippen LogP contribution in [0.25, 0.3) is 0 Å². The molecule has 21 heavy (non-hydrogen) atoms. The summed E-state index contributed by atoms with van der Waals surface area (Å²) in [6.07, 6.45) is 0.507. The zero-order valence-electron chi connectivity index (χ0n) is 11.2. The van der Waals surface area contributed by atoms with E-state index in [-0.39, 0.29) is 20.5 Å². The van der Waals surface area contributed by atoms with Gasteiger partial charge in [0.25, 0.3) is 0 Å². The third-order valence-corrected chi connectivity index (χ3v) is 4.32. The van der Waals surface area contributed by atoms with E-state index in [1.807, 2.05) is 48.5 Å². The second-order valence-corrected chi connectivity index (χ2v) is 5.83. The number of nitrogens with zero attached hydrogens (tertiary/aromatic N) is 2. The maximum absolute atomic E-state index is 12.2. The van der Waals surface area contributed by atoms with E-state index in [0.717, 1.165) is 16.9 Å². The van der Waals surface area contributed by atoms with Crippen LogP contribution in [0.4, 0.5) is 17.1 Å². The number of nitrogens with two attached hydrogens (primary N) is 1. The molecule has 0 saturated heterocycles. The molecule has 0 bridgehead atoms. The van der Waals surface area contributed by atoms with Gasteiger partial charge in [-0.25, -0.2) is 0 Å². The minimum absolute atomic E-state index is 0.116. The van der Waals surface area contributed by atoms with Crippen molar-refractivity contribution in [1.29, 1.82) is 0 Å². The SMILES string of the molecule is N[C@H](Cc1ccccc1)C(=O)Nc1cccc2c1N=[Se]=N2. The van der Waals surface area contributed by atoms with Crippen molar-refractivity contribution in [1.82, 2.24) is 0 Å². The molecular weight excluding hydrogens is 331 g/mol. The second-order valence-electron chi connectivity index (χ2n) is 4.72. The number of benzene rings is 2. The number of rotatable bonds is 4. The Kier molecular flexibility index (Phi) is 4.10. The van der Waals surface area contributed by atoms with Crippen molar-refractivity contribution >= 4 is 37.5 Å². The fourth-order valence-electron chi connectivity index (χ4n) is 2.09. The van der Waals surface area contributed by atoms with Gasteiger partial charge < -0.3 is 0 Å². The topological polar surface area (TPSA) is 79.8 Å². The van der Waals surface area contributed by atoms with E-state index in [9.17, 15) is 4.79 Å². The number of carbonyl (C=O) groups is 1. The Balaban J connectivity index is 1.70. The molecule has 2 aromatic carbocycles. The molecule has 1 atom stereocenters. The summed E-state index contributed by atoms with van der Waals surface area (Å²) in [6.45, 7) is 0. The van der Waals surface area contributed by atoms with Crippen molar-refractivity contribution < 1.29 is 4.79 Å². The molecule has 1 aliphatic heterocycles. The maximum atomic E-state index is 12.2. The first-order chi connectivity index (χ1) is 10.2. The van der Waals surface area contributed by atoms with Gasteiger partial charge in [-0.3, -0.25) is 0 Å². The van der Waals surface area contributed by atoms with Crippen LogP contribution in [-0.4, -0.2) is 26.5 Å². The molecule has 0 spiro atoms. The molecule has 0 fully saturated rings. The molecule has 106 valence electrons. The van der Waals surface area contributed by atoms with Gasteiger partial charge in [0.1, 0.15) is 0 Å². The normalized spacial score (nSPS) is 13.4. The molecule has 1 aliphatic rings. The average Bonchev–Trinajstić information content (AvgIpc) is 2.98. The van der Waals surface area contributed by atoms with E-state index in [0.29, 0.717) is 12.1 Å². The van der Waals surface area contributed by atoms with Crippen LogP contribution in [0.5, 0.6) is 0 Å². The van der Waals surface area contributed by atoms with Crippen LogP contribution >= 0.6 is 0 Å². The van der Waals surface area contributed by atoms with E-state index in [2.05, 4.69) is 13.2 Å². The van der Waals surface area contributed by atoms with E-state index in [1.165, 1.54) is 0 Å². The number of anilines is 1. The van der Waals surface area contributed by atoms with Gasteiger partial charge in [-0.2, -0.15) is 0 Å². The van der Waals surface area contributed by atoms with Gasteiger partial charge in [0.05, 0.1) is 0 Å². The van der Waals surface area contributed by atoms with E-state index < -0.39 is 6.04 Å². The first-order valence-electron chi connectivity index (χ1n) is 6.55. The van der Waals surface area contributed by atoms with Crippen LogP contribution in [0.3, 0.4) is 0 Å². The predicted molar refractivity (Wildman–Crippen MR) is 83.1 cm³/mol. The monoisotopic (exact) mass is 346 g/mol. The van der Waals surface area contributed by atoms with Gasteiger partial charge in [-0.05, 0) is 0 Å². The molecule has 3 rings (SSSR count). The minimum atomic E-state index is -0.591. The molecule has 5 nitrogen and oxygen atoms in total. The van der Waals surface area contributed by atoms with Gasteiger partial charge in [-0.1, -0.05) is 0 Å².